The van der Waals surface area contributed by atoms with Crippen LogP contribution >= 0.6 is 15.9 Å². The monoisotopic (exact) mass is 275 g/mol. The summed E-state index contributed by atoms with van der Waals surface area (Å²) >= 11 is 3.07. The SMILES string of the molecule is CCC[C@@H](O)[C@@H](N)c1ccc(Br)c(F)c1. The molecule has 0 fully saturated rings. The summed E-state index contributed by atoms with van der Waals surface area (Å²) < 4.78 is 13.6. The maximum Gasteiger partial charge on any atom is 0.137 e. The van der Waals surface area contributed by atoms with Crippen LogP contribution in [0.15, 0.2) is 22.7 Å². The van der Waals surface area contributed by atoms with E-state index in [4.69, 9.17) is 5.73 Å². The van der Waals surface area contributed by atoms with E-state index in [0.717, 1.165) is 6.42 Å². The highest BCUT2D eigenvalue weighted by Crippen LogP contribution is 2.22. The van der Waals surface area contributed by atoms with Crippen molar-refractivity contribution in [2.45, 2.75) is 31.9 Å². The van der Waals surface area contributed by atoms with Crippen molar-refractivity contribution in [1.82, 2.24) is 0 Å². The van der Waals surface area contributed by atoms with E-state index in [0.29, 0.717) is 16.5 Å². The van der Waals surface area contributed by atoms with Gasteiger partial charge in [0.15, 0.2) is 0 Å². The zero-order chi connectivity index (χ0) is 11.4. The van der Waals surface area contributed by atoms with Crippen molar-refractivity contribution >= 4 is 15.9 Å². The summed E-state index contributed by atoms with van der Waals surface area (Å²) in [7, 11) is 0. The van der Waals surface area contributed by atoms with E-state index in [9.17, 15) is 9.50 Å². The predicted octanol–water partition coefficient (Wildman–Crippen LogP) is 2.75. The molecule has 2 nitrogen and oxygen atoms in total. The summed E-state index contributed by atoms with van der Waals surface area (Å²) in [4.78, 5) is 0. The van der Waals surface area contributed by atoms with E-state index in [1.165, 1.54) is 6.07 Å². The van der Waals surface area contributed by atoms with Gasteiger partial charge in [-0.05, 0) is 40.0 Å². The fourth-order valence-corrected chi connectivity index (χ4v) is 1.66. The van der Waals surface area contributed by atoms with E-state index in [2.05, 4.69) is 15.9 Å². The molecule has 3 N–H and O–H groups in total. The van der Waals surface area contributed by atoms with Gasteiger partial charge in [0.1, 0.15) is 5.82 Å². The molecule has 0 aliphatic heterocycles. The molecule has 0 unspecified atom stereocenters. The van der Waals surface area contributed by atoms with Gasteiger partial charge < -0.3 is 10.8 Å². The maximum atomic E-state index is 13.2. The van der Waals surface area contributed by atoms with Crippen molar-refractivity contribution < 1.29 is 9.50 Å². The topological polar surface area (TPSA) is 46.2 Å². The zero-order valence-corrected chi connectivity index (χ0v) is 10.2. The number of hydrogen-bond acceptors (Lipinski definition) is 2. The molecular formula is C11H15BrFNO. The van der Waals surface area contributed by atoms with Crippen molar-refractivity contribution in [2.24, 2.45) is 5.73 Å². The van der Waals surface area contributed by atoms with Crippen molar-refractivity contribution in [3.8, 4) is 0 Å². The zero-order valence-electron chi connectivity index (χ0n) is 8.58. The van der Waals surface area contributed by atoms with E-state index >= 15 is 0 Å². The van der Waals surface area contributed by atoms with Gasteiger partial charge in [-0.2, -0.15) is 0 Å². The molecule has 0 bridgehead atoms. The molecule has 1 aromatic carbocycles. The van der Waals surface area contributed by atoms with E-state index in [1.807, 2.05) is 6.92 Å². The lowest BCUT2D eigenvalue weighted by molar-refractivity contribution is 0.134. The second-order valence-corrected chi connectivity index (χ2v) is 4.41. The Labute approximate surface area is 97.4 Å². The Morgan fingerprint density at radius 1 is 1.53 bits per heavy atom. The van der Waals surface area contributed by atoms with Gasteiger partial charge in [-0.1, -0.05) is 19.4 Å². The Morgan fingerprint density at radius 3 is 2.73 bits per heavy atom. The summed E-state index contributed by atoms with van der Waals surface area (Å²) in [6, 6.07) is 4.15. The molecular weight excluding hydrogens is 261 g/mol. The lowest BCUT2D eigenvalue weighted by Gasteiger charge is -2.18. The highest BCUT2D eigenvalue weighted by atomic mass is 79.9. The summed E-state index contributed by atoms with van der Waals surface area (Å²) in [5.41, 5.74) is 6.43. The first-order chi connectivity index (χ1) is 7.06. The normalized spacial score (nSPS) is 15.0. The fraction of sp³-hybridized carbons (Fsp3) is 0.455. The van der Waals surface area contributed by atoms with Gasteiger partial charge in [0, 0.05) is 0 Å². The van der Waals surface area contributed by atoms with Crippen LogP contribution in [-0.2, 0) is 0 Å². The molecule has 0 aromatic heterocycles. The quantitative estimate of drug-likeness (QED) is 0.888. The highest BCUT2D eigenvalue weighted by Gasteiger charge is 2.16. The number of halogens is 2. The van der Waals surface area contributed by atoms with Gasteiger partial charge in [0.25, 0.3) is 0 Å². The van der Waals surface area contributed by atoms with Gasteiger partial charge in [0.05, 0.1) is 16.6 Å². The van der Waals surface area contributed by atoms with Crippen LogP contribution in [0.4, 0.5) is 4.39 Å². The van der Waals surface area contributed by atoms with Crippen LogP contribution in [0.25, 0.3) is 0 Å². The van der Waals surface area contributed by atoms with E-state index in [-0.39, 0.29) is 5.82 Å². The molecule has 0 saturated heterocycles. The molecule has 0 aliphatic rings. The van der Waals surface area contributed by atoms with E-state index < -0.39 is 12.1 Å². The lowest BCUT2D eigenvalue weighted by Crippen LogP contribution is -2.26. The third kappa shape index (κ3) is 3.26. The molecule has 4 heteroatoms. The largest absolute Gasteiger partial charge is 0.391 e. The second kappa shape index (κ2) is 5.58. The van der Waals surface area contributed by atoms with Gasteiger partial charge in [-0.3, -0.25) is 0 Å². The molecule has 0 amide bonds. The molecule has 84 valence electrons. The first-order valence-corrected chi connectivity index (χ1v) is 5.74. The van der Waals surface area contributed by atoms with Crippen LogP contribution in [0, 0.1) is 5.82 Å². The lowest BCUT2D eigenvalue weighted by atomic mass is 9.99. The number of hydrogen-bond donors (Lipinski definition) is 2. The first kappa shape index (κ1) is 12.6. The van der Waals surface area contributed by atoms with E-state index in [1.54, 1.807) is 12.1 Å². The minimum Gasteiger partial charge on any atom is -0.391 e. The number of aliphatic hydroxyl groups is 1. The molecule has 2 atom stereocenters. The third-order valence-corrected chi connectivity index (χ3v) is 2.97. The Morgan fingerprint density at radius 2 is 2.20 bits per heavy atom. The van der Waals surface area contributed by atoms with Crippen LogP contribution in [0.3, 0.4) is 0 Å². The standard InChI is InChI=1S/C11H15BrFNO/c1-2-3-10(15)11(14)7-4-5-8(12)9(13)6-7/h4-6,10-11,15H,2-3,14H2,1H3/t10-,11+/m1/s1. The summed E-state index contributed by atoms with van der Waals surface area (Å²) in [6.07, 6.45) is 0.864. The number of aliphatic hydroxyl groups excluding tert-OH is 1. The minimum atomic E-state index is -0.615. The first-order valence-electron chi connectivity index (χ1n) is 4.94. The molecule has 0 saturated carbocycles. The smallest absolute Gasteiger partial charge is 0.137 e. The third-order valence-electron chi connectivity index (χ3n) is 2.33. The van der Waals surface area contributed by atoms with Crippen LogP contribution in [-0.4, -0.2) is 11.2 Å². The molecule has 0 aliphatic carbocycles. The molecule has 0 spiro atoms. The maximum absolute atomic E-state index is 13.2. The number of benzene rings is 1. The minimum absolute atomic E-state index is 0.355. The summed E-state index contributed by atoms with van der Waals surface area (Å²) in [6.45, 7) is 1.97. The Hall–Kier alpha value is -0.450. The Kier molecular flexibility index (Phi) is 4.70. The van der Waals surface area contributed by atoms with Crippen molar-refractivity contribution in [3.05, 3.63) is 34.1 Å². The van der Waals surface area contributed by atoms with Gasteiger partial charge >= 0.3 is 0 Å². The second-order valence-electron chi connectivity index (χ2n) is 3.56. The summed E-state index contributed by atoms with van der Waals surface area (Å²) in [5.74, 6) is -0.355. The Balaban J connectivity index is 2.81. The number of nitrogens with two attached hydrogens (primary N) is 1. The van der Waals surface area contributed by atoms with Crippen LogP contribution in [0.2, 0.25) is 0 Å². The van der Waals surface area contributed by atoms with Crippen LogP contribution in [0.1, 0.15) is 31.4 Å². The van der Waals surface area contributed by atoms with Crippen molar-refractivity contribution in [1.29, 1.82) is 0 Å². The average Bonchev–Trinajstić information content (AvgIpc) is 2.21. The molecule has 0 heterocycles. The van der Waals surface area contributed by atoms with Gasteiger partial charge in [-0.15, -0.1) is 0 Å². The van der Waals surface area contributed by atoms with Gasteiger partial charge in [-0.25, -0.2) is 4.39 Å². The van der Waals surface area contributed by atoms with Gasteiger partial charge in [0.2, 0.25) is 0 Å². The molecule has 1 rings (SSSR count). The van der Waals surface area contributed by atoms with Crippen molar-refractivity contribution in [2.75, 3.05) is 0 Å². The number of rotatable bonds is 4. The van der Waals surface area contributed by atoms with Crippen molar-refractivity contribution in [3.63, 3.8) is 0 Å². The Bertz CT molecular complexity index is 332. The van der Waals surface area contributed by atoms with Crippen LogP contribution in [0.5, 0.6) is 0 Å². The molecule has 15 heavy (non-hydrogen) atoms. The summed E-state index contributed by atoms with van der Waals surface area (Å²) in [5, 5.41) is 9.67. The van der Waals surface area contributed by atoms with Crippen LogP contribution < -0.4 is 5.73 Å². The molecule has 0 radical (unpaired) electrons. The fourth-order valence-electron chi connectivity index (χ4n) is 1.42. The average molecular weight is 276 g/mol. The predicted molar refractivity (Wildman–Crippen MR) is 61.9 cm³/mol. The highest BCUT2D eigenvalue weighted by molar-refractivity contribution is 9.10. The molecule has 1 aromatic rings.